The molecule has 0 bridgehead atoms. The number of rotatable bonds is 3. The molecule has 3 heteroatoms. The van der Waals surface area contributed by atoms with E-state index in [2.05, 4.69) is 16.7 Å². The van der Waals surface area contributed by atoms with Gasteiger partial charge < -0.3 is 9.30 Å². The number of ether oxygens (including phenoxy) is 1. The van der Waals surface area contributed by atoms with Gasteiger partial charge in [-0.15, -0.1) is 0 Å². The van der Waals surface area contributed by atoms with Crippen LogP contribution in [0.1, 0.15) is 18.3 Å². The molecule has 0 saturated heterocycles. The van der Waals surface area contributed by atoms with Crippen LogP contribution in [-0.2, 0) is 22.4 Å². The molecule has 1 aromatic heterocycles. The van der Waals surface area contributed by atoms with E-state index in [1.165, 1.54) is 5.69 Å². The van der Waals surface area contributed by atoms with Crippen molar-refractivity contribution in [3.8, 4) is 0 Å². The van der Waals surface area contributed by atoms with Crippen LogP contribution in [0.5, 0.6) is 0 Å². The molecule has 1 aliphatic rings. The van der Waals surface area contributed by atoms with Crippen molar-refractivity contribution in [1.29, 1.82) is 0 Å². The minimum Gasteiger partial charge on any atom is -0.466 e. The van der Waals surface area contributed by atoms with E-state index in [0.717, 1.165) is 12.1 Å². The van der Waals surface area contributed by atoms with Crippen molar-refractivity contribution in [1.82, 2.24) is 4.57 Å². The molecule has 74 valence electrons. The third kappa shape index (κ3) is 1.58. The minimum absolute atomic E-state index is 0.159. The quantitative estimate of drug-likeness (QED) is 0.680. The first-order chi connectivity index (χ1) is 6.81. The van der Waals surface area contributed by atoms with Gasteiger partial charge in [-0.2, -0.15) is 0 Å². The largest absolute Gasteiger partial charge is 0.466 e. The zero-order valence-corrected chi connectivity index (χ0v) is 8.19. The summed E-state index contributed by atoms with van der Waals surface area (Å²) < 4.78 is 6.95. The first-order valence-electron chi connectivity index (χ1n) is 4.82. The third-order valence-corrected chi connectivity index (χ3v) is 2.30. The Morgan fingerprint density at radius 1 is 1.57 bits per heavy atom. The lowest BCUT2D eigenvalue weighted by atomic mass is 10.3. The second-order valence-electron chi connectivity index (χ2n) is 3.26. The van der Waals surface area contributed by atoms with Crippen molar-refractivity contribution in [3.05, 3.63) is 29.6 Å². The highest BCUT2D eigenvalue weighted by molar-refractivity contribution is 5.72. The molecule has 0 fully saturated rings. The van der Waals surface area contributed by atoms with Crippen molar-refractivity contribution >= 4 is 12.2 Å². The molecule has 0 N–H and O–H groups in total. The monoisotopic (exact) mass is 191 g/mol. The third-order valence-electron chi connectivity index (χ3n) is 2.30. The molecule has 2 rings (SSSR count). The maximum Gasteiger partial charge on any atom is 0.311 e. The normalized spacial score (nSPS) is 12.9. The molecule has 3 nitrogen and oxygen atoms in total. The second kappa shape index (κ2) is 3.70. The van der Waals surface area contributed by atoms with Gasteiger partial charge in [-0.3, -0.25) is 4.79 Å². The maximum atomic E-state index is 11.3. The Bertz CT molecular complexity index is 377. The van der Waals surface area contributed by atoms with Crippen molar-refractivity contribution in [3.63, 3.8) is 0 Å². The number of esters is 1. The van der Waals surface area contributed by atoms with E-state index in [1.54, 1.807) is 0 Å². The summed E-state index contributed by atoms with van der Waals surface area (Å²) >= 11 is 0. The summed E-state index contributed by atoms with van der Waals surface area (Å²) in [6.45, 7) is 2.27. The predicted molar refractivity (Wildman–Crippen MR) is 53.8 cm³/mol. The van der Waals surface area contributed by atoms with E-state index < -0.39 is 0 Å². The fraction of sp³-hybridized carbons (Fsp3) is 0.364. The number of allylic oxidation sites excluding steroid dienone is 1. The summed E-state index contributed by atoms with van der Waals surface area (Å²) in [6.07, 6.45) is 5.41. The average molecular weight is 191 g/mol. The van der Waals surface area contributed by atoms with Crippen molar-refractivity contribution in [2.75, 3.05) is 6.61 Å². The summed E-state index contributed by atoms with van der Waals surface area (Å²) in [7, 11) is 0. The second-order valence-corrected chi connectivity index (χ2v) is 3.26. The molecular formula is C11H13NO2. The lowest BCUT2D eigenvalue weighted by Crippen LogP contribution is -2.09. The van der Waals surface area contributed by atoms with Crippen LogP contribution in [0.2, 0.25) is 0 Å². The van der Waals surface area contributed by atoms with Crippen LogP contribution in [0, 0.1) is 0 Å². The standard InChI is InChI=1S/C11H13NO2/c1-2-14-11(13)8-10-6-5-9-4-3-7-12(9)10/h3,5-7H,2,4,8H2,1H3. The Labute approximate surface area is 83.0 Å². The first-order valence-corrected chi connectivity index (χ1v) is 4.82. The predicted octanol–water partition coefficient (Wildman–Crippen LogP) is 1.62. The Morgan fingerprint density at radius 3 is 3.21 bits per heavy atom. The van der Waals surface area contributed by atoms with Crippen molar-refractivity contribution < 1.29 is 9.53 Å². The Balaban J connectivity index is 2.10. The van der Waals surface area contributed by atoms with Crippen LogP contribution in [0.4, 0.5) is 0 Å². The summed E-state index contributed by atoms with van der Waals surface area (Å²) in [5.74, 6) is -0.159. The molecule has 0 aliphatic carbocycles. The lowest BCUT2D eigenvalue weighted by molar-refractivity contribution is -0.142. The van der Waals surface area contributed by atoms with Crippen molar-refractivity contribution in [2.24, 2.45) is 0 Å². The number of carbonyl (C=O) groups excluding carboxylic acids is 1. The molecule has 0 saturated carbocycles. The molecule has 1 aromatic rings. The molecule has 0 atom stereocenters. The topological polar surface area (TPSA) is 31.2 Å². The van der Waals surface area contributed by atoms with Gasteiger partial charge in [0.05, 0.1) is 13.0 Å². The number of aromatic nitrogens is 1. The summed E-state index contributed by atoms with van der Waals surface area (Å²) in [4.78, 5) is 11.3. The number of carbonyl (C=O) groups is 1. The SMILES string of the molecule is CCOC(=O)Cc1ccc2n1C=CC2. The number of hydrogen-bond donors (Lipinski definition) is 0. The van der Waals surface area contributed by atoms with Gasteiger partial charge in [0.1, 0.15) is 0 Å². The molecule has 1 aliphatic heterocycles. The number of hydrogen-bond acceptors (Lipinski definition) is 2. The van der Waals surface area contributed by atoms with Crippen LogP contribution in [0.25, 0.3) is 6.20 Å². The van der Waals surface area contributed by atoms with E-state index in [4.69, 9.17) is 4.74 Å². The van der Waals surface area contributed by atoms with Crippen LogP contribution in [0.15, 0.2) is 18.2 Å². The van der Waals surface area contributed by atoms with Crippen LogP contribution >= 0.6 is 0 Å². The van der Waals surface area contributed by atoms with Gasteiger partial charge in [-0.05, 0) is 19.1 Å². The van der Waals surface area contributed by atoms with Gasteiger partial charge >= 0.3 is 5.97 Å². The summed E-state index contributed by atoms with van der Waals surface area (Å²) in [5.41, 5.74) is 2.25. The zero-order chi connectivity index (χ0) is 9.97. The fourth-order valence-corrected chi connectivity index (χ4v) is 1.68. The molecule has 2 heterocycles. The van der Waals surface area contributed by atoms with Gasteiger partial charge in [0.15, 0.2) is 0 Å². The van der Waals surface area contributed by atoms with E-state index in [0.29, 0.717) is 13.0 Å². The highest BCUT2D eigenvalue weighted by Crippen LogP contribution is 2.17. The smallest absolute Gasteiger partial charge is 0.311 e. The summed E-state index contributed by atoms with van der Waals surface area (Å²) in [5, 5.41) is 0. The molecule has 0 amide bonds. The van der Waals surface area contributed by atoms with Gasteiger partial charge in [-0.1, -0.05) is 6.08 Å². The van der Waals surface area contributed by atoms with Crippen LogP contribution < -0.4 is 0 Å². The molecule has 0 radical (unpaired) electrons. The Kier molecular flexibility index (Phi) is 2.39. The van der Waals surface area contributed by atoms with Gasteiger partial charge in [-0.25, -0.2) is 0 Å². The number of nitrogens with zero attached hydrogens (tertiary/aromatic N) is 1. The Morgan fingerprint density at radius 2 is 2.43 bits per heavy atom. The first kappa shape index (κ1) is 9.06. The highest BCUT2D eigenvalue weighted by Gasteiger charge is 2.12. The zero-order valence-electron chi connectivity index (χ0n) is 8.19. The van der Waals surface area contributed by atoms with Crippen LogP contribution in [-0.4, -0.2) is 17.1 Å². The van der Waals surface area contributed by atoms with Gasteiger partial charge in [0.2, 0.25) is 0 Å². The molecule has 0 aromatic carbocycles. The molecule has 0 unspecified atom stereocenters. The lowest BCUT2D eigenvalue weighted by Gasteiger charge is -2.03. The Hall–Kier alpha value is -1.51. The van der Waals surface area contributed by atoms with Crippen LogP contribution in [0.3, 0.4) is 0 Å². The van der Waals surface area contributed by atoms with E-state index in [9.17, 15) is 4.79 Å². The molecule has 14 heavy (non-hydrogen) atoms. The fourth-order valence-electron chi connectivity index (χ4n) is 1.68. The van der Waals surface area contributed by atoms with E-state index in [-0.39, 0.29) is 5.97 Å². The van der Waals surface area contributed by atoms with Gasteiger partial charge in [0.25, 0.3) is 0 Å². The highest BCUT2D eigenvalue weighted by atomic mass is 16.5. The van der Waals surface area contributed by atoms with Gasteiger partial charge in [0, 0.05) is 24.0 Å². The molecular weight excluding hydrogens is 178 g/mol. The minimum atomic E-state index is -0.159. The number of fused-ring (bicyclic) bond motifs is 1. The maximum absolute atomic E-state index is 11.3. The molecule has 0 spiro atoms. The van der Waals surface area contributed by atoms with Crippen molar-refractivity contribution in [2.45, 2.75) is 19.8 Å². The van der Waals surface area contributed by atoms with E-state index >= 15 is 0 Å². The summed E-state index contributed by atoms with van der Waals surface area (Å²) in [6, 6.07) is 4.03. The average Bonchev–Trinajstić information content (AvgIpc) is 2.70. The van der Waals surface area contributed by atoms with E-state index in [1.807, 2.05) is 19.2 Å².